The lowest BCUT2D eigenvalue weighted by Gasteiger charge is -2.11. The van der Waals surface area contributed by atoms with Crippen LogP contribution in [0.15, 0.2) is 47.4 Å². The van der Waals surface area contributed by atoms with Crippen LogP contribution in [0.5, 0.6) is 5.88 Å². The van der Waals surface area contributed by atoms with Gasteiger partial charge in [-0.15, -0.1) is 5.10 Å². The first-order chi connectivity index (χ1) is 14.9. The van der Waals surface area contributed by atoms with Gasteiger partial charge in [0.05, 0.1) is 23.8 Å². The fourth-order valence-corrected chi connectivity index (χ4v) is 3.88. The van der Waals surface area contributed by atoms with Crippen molar-refractivity contribution in [2.24, 2.45) is 13.0 Å². The van der Waals surface area contributed by atoms with Crippen LogP contribution in [0.25, 0.3) is 22.2 Å². The molecule has 5 rings (SSSR count). The lowest BCUT2D eigenvalue weighted by molar-refractivity contribution is 0.153. The molecule has 0 bridgehead atoms. The molecule has 0 unspecified atom stereocenters. The number of aromatic hydroxyl groups is 1. The zero-order valence-corrected chi connectivity index (χ0v) is 16.9. The van der Waals surface area contributed by atoms with Crippen LogP contribution in [0, 0.1) is 5.92 Å². The maximum absolute atomic E-state index is 14.0. The third kappa shape index (κ3) is 3.49. The van der Waals surface area contributed by atoms with Crippen molar-refractivity contribution in [3.63, 3.8) is 0 Å². The highest BCUT2D eigenvalue weighted by Crippen LogP contribution is 2.37. The van der Waals surface area contributed by atoms with Gasteiger partial charge in [0.2, 0.25) is 5.88 Å². The van der Waals surface area contributed by atoms with Crippen molar-refractivity contribution in [3.05, 3.63) is 64.2 Å². The summed E-state index contributed by atoms with van der Waals surface area (Å²) in [6.45, 7) is 0.978. The zero-order chi connectivity index (χ0) is 21.7. The van der Waals surface area contributed by atoms with Crippen molar-refractivity contribution < 1.29 is 13.9 Å². The molecule has 0 aliphatic heterocycles. The van der Waals surface area contributed by atoms with Gasteiger partial charge in [-0.3, -0.25) is 9.13 Å². The summed E-state index contributed by atoms with van der Waals surface area (Å²) in [5, 5.41) is 17.9. The van der Waals surface area contributed by atoms with E-state index in [1.165, 1.54) is 17.8 Å². The predicted octanol–water partition coefficient (Wildman–Crippen LogP) is 3.70. The molecule has 0 saturated heterocycles. The van der Waals surface area contributed by atoms with Crippen LogP contribution in [-0.4, -0.2) is 29.2 Å². The smallest absolute Gasteiger partial charge is 0.331 e. The summed E-state index contributed by atoms with van der Waals surface area (Å²) < 4.78 is 32.3. The normalized spacial score (nSPS) is 14.1. The van der Waals surface area contributed by atoms with E-state index in [4.69, 9.17) is 0 Å². The maximum atomic E-state index is 14.0. The van der Waals surface area contributed by atoms with E-state index < -0.39 is 6.43 Å². The lowest BCUT2D eigenvalue weighted by Crippen LogP contribution is -2.22. The Morgan fingerprint density at radius 3 is 2.52 bits per heavy atom. The fourth-order valence-electron chi connectivity index (χ4n) is 3.88. The molecule has 9 heteroatoms. The second kappa shape index (κ2) is 7.33. The molecule has 0 spiro atoms. The van der Waals surface area contributed by atoms with Crippen molar-refractivity contribution in [2.75, 3.05) is 0 Å². The first-order valence-corrected chi connectivity index (χ1v) is 10.1. The molecular weight excluding hydrogens is 404 g/mol. The standard InChI is InChI=1S/C22H21F2N5O2/c1-27-18(30)12-28(22(27)31)10-13-4-6-15(7-5-13)16-8-9-17-20(19(16)21(23)24)25-26-29(17)11-14-2-3-14/h4-9,12,14,21,30H,2-3,10-11H2,1H3. The molecule has 1 saturated carbocycles. The quantitative estimate of drug-likeness (QED) is 0.511. The molecule has 2 aromatic heterocycles. The van der Waals surface area contributed by atoms with Crippen LogP contribution >= 0.6 is 0 Å². The van der Waals surface area contributed by atoms with Crippen molar-refractivity contribution in [3.8, 4) is 17.0 Å². The molecular formula is C22H21F2N5O2. The van der Waals surface area contributed by atoms with Gasteiger partial charge in [0.15, 0.2) is 0 Å². The molecule has 7 nitrogen and oxygen atoms in total. The van der Waals surface area contributed by atoms with E-state index in [0.717, 1.165) is 23.0 Å². The Labute approximate surface area is 176 Å². The average molecular weight is 425 g/mol. The first-order valence-electron chi connectivity index (χ1n) is 10.1. The van der Waals surface area contributed by atoms with Gasteiger partial charge in [-0.25, -0.2) is 18.3 Å². The van der Waals surface area contributed by atoms with E-state index in [1.807, 2.05) is 0 Å². The molecule has 2 heterocycles. The number of hydrogen-bond acceptors (Lipinski definition) is 4. The van der Waals surface area contributed by atoms with E-state index in [2.05, 4.69) is 10.3 Å². The van der Waals surface area contributed by atoms with Crippen LogP contribution in [-0.2, 0) is 20.1 Å². The fraction of sp³-hybridized carbons (Fsp3) is 0.318. The van der Waals surface area contributed by atoms with Crippen LogP contribution in [0.3, 0.4) is 0 Å². The second-order valence-corrected chi connectivity index (χ2v) is 8.06. The molecule has 1 aliphatic carbocycles. The predicted molar refractivity (Wildman–Crippen MR) is 111 cm³/mol. The largest absolute Gasteiger partial charge is 0.493 e. The third-order valence-corrected chi connectivity index (χ3v) is 5.84. The Balaban J connectivity index is 1.49. The van der Waals surface area contributed by atoms with E-state index >= 15 is 0 Å². The van der Waals surface area contributed by atoms with Gasteiger partial charge in [0.1, 0.15) is 5.52 Å². The summed E-state index contributed by atoms with van der Waals surface area (Å²) in [5.74, 6) is 0.442. The minimum atomic E-state index is -2.68. The van der Waals surface area contributed by atoms with Crippen molar-refractivity contribution in [1.29, 1.82) is 0 Å². The molecule has 1 aliphatic rings. The SMILES string of the molecule is Cn1c(O)cn(Cc2ccc(-c3ccc4c(nnn4CC4CC4)c3C(F)F)cc2)c1=O. The van der Waals surface area contributed by atoms with Gasteiger partial charge in [-0.2, -0.15) is 0 Å². The highest BCUT2D eigenvalue weighted by molar-refractivity contribution is 5.87. The average Bonchev–Trinajstić information content (AvgIpc) is 3.44. The number of fused-ring (bicyclic) bond motifs is 1. The van der Waals surface area contributed by atoms with Gasteiger partial charge >= 0.3 is 5.69 Å². The number of hydrogen-bond donors (Lipinski definition) is 1. The zero-order valence-electron chi connectivity index (χ0n) is 16.9. The van der Waals surface area contributed by atoms with Crippen molar-refractivity contribution in [2.45, 2.75) is 32.4 Å². The molecule has 2 aromatic carbocycles. The minimum absolute atomic E-state index is 0.114. The number of halogens is 2. The summed E-state index contributed by atoms with van der Waals surface area (Å²) >= 11 is 0. The van der Waals surface area contributed by atoms with Crippen molar-refractivity contribution >= 4 is 11.0 Å². The summed E-state index contributed by atoms with van der Waals surface area (Å²) in [6.07, 6.45) is 0.962. The molecule has 160 valence electrons. The molecule has 0 atom stereocenters. The summed E-state index contributed by atoms with van der Waals surface area (Å²) in [4.78, 5) is 12.1. The Hall–Kier alpha value is -3.49. The number of imidazole rings is 1. The number of rotatable bonds is 6. The summed E-state index contributed by atoms with van der Waals surface area (Å²) in [5.41, 5.74) is 2.29. The van der Waals surface area contributed by atoms with Crippen LogP contribution in [0.4, 0.5) is 8.78 Å². The van der Waals surface area contributed by atoms with E-state index in [1.54, 1.807) is 41.1 Å². The molecule has 31 heavy (non-hydrogen) atoms. The number of nitrogens with zero attached hydrogens (tertiary/aromatic N) is 5. The van der Waals surface area contributed by atoms with Crippen LogP contribution in [0.1, 0.15) is 30.4 Å². The first kappa shape index (κ1) is 19.5. The maximum Gasteiger partial charge on any atom is 0.331 e. The Morgan fingerprint density at radius 2 is 1.90 bits per heavy atom. The topological polar surface area (TPSA) is 77.9 Å². The van der Waals surface area contributed by atoms with E-state index in [0.29, 0.717) is 29.1 Å². The monoisotopic (exact) mass is 425 g/mol. The summed E-state index contributed by atoms with van der Waals surface area (Å²) in [7, 11) is 1.49. The molecule has 0 radical (unpaired) electrons. The summed E-state index contributed by atoms with van der Waals surface area (Å²) in [6, 6.07) is 10.6. The Kier molecular flexibility index (Phi) is 4.60. The lowest BCUT2D eigenvalue weighted by atomic mass is 9.97. The van der Waals surface area contributed by atoms with E-state index in [-0.39, 0.29) is 29.2 Å². The van der Waals surface area contributed by atoms with Crippen LogP contribution < -0.4 is 5.69 Å². The van der Waals surface area contributed by atoms with Gasteiger partial charge in [0, 0.05) is 13.6 Å². The highest BCUT2D eigenvalue weighted by atomic mass is 19.3. The van der Waals surface area contributed by atoms with E-state index in [9.17, 15) is 18.7 Å². The second-order valence-electron chi connectivity index (χ2n) is 8.06. The number of alkyl halides is 2. The highest BCUT2D eigenvalue weighted by Gasteiger charge is 2.26. The number of benzene rings is 2. The Bertz CT molecular complexity index is 1320. The van der Waals surface area contributed by atoms with Gasteiger partial charge in [-0.05, 0) is 41.5 Å². The van der Waals surface area contributed by atoms with Gasteiger partial charge < -0.3 is 5.11 Å². The van der Waals surface area contributed by atoms with Gasteiger partial charge in [-0.1, -0.05) is 35.5 Å². The molecule has 4 aromatic rings. The van der Waals surface area contributed by atoms with Gasteiger partial charge in [0.25, 0.3) is 6.43 Å². The Morgan fingerprint density at radius 1 is 1.16 bits per heavy atom. The van der Waals surface area contributed by atoms with Crippen LogP contribution in [0.2, 0.25) is 0 Å². The minimum Gasteiger partial charge on any atom is -0.493 e. The number of aromatic nitrogens is 5. The third-order valence-electron chi connectivity index (χ3n) is 5.84. The molecule has 1 fully saturated rings. The molecule has 0 amide bonds. The van der Waals surface area contributed by atoms with Crippen molar-refractivity contribution in [1.82, 2.24) is 24.1 Å². The molecule has 1 N–H and O–H groups in total.